The lowest BCUT2D eigenvalue weighted by atomic mass is 9.64. The SMILES string of the molecule is CCC(=O)CC1CC(C2=CB(O)Oc3cnc4[nH]ccc4c32)C1.CCCC(=O)CC1CC(C2=CB(O)Oc3cnc4[nH]ccc4c32)C1.CCCS(=O)(=O)CC1CC(C2=CB(O)Oc3cnc4[nH]ccc4c32)C1.O=S(=O)(CCC1CC1)CC1CC(C2=CB(O)Oc3cnc4[nH]ccc4c32)C1. The van der Waals surface area contributed by atoms with Crippen molar-refractivity contribution in [3.05, 3.63) is 120 Å². The first-order valence-corrected chi connectivity index (χ1v) is 39.0. The van der Waals surface area contributed by atoms with E-state index in [0.717, 1.165) is 153 Å². The van der Waals surface area contributed by atoms with Gasteiger partial charge in [0.15, 0.2) is 19.7 Å². The Morgan fingerprint density at radius 3 is 1.06 bits per heavy atom. The van der Waals surface area contributed by atoms with Crippen LogP contribution in [-0.2, 0) is 29.3 Å². The second-order valence-electron chi connectivity index (χ2n) is 28.7. The third-order valence-electron chi connectivity index (χ3n) is 21.3. The summed E-state index contributed by atoms with van der Waals surface area (Å²) in [6, 6.07) is 7.91. The van der Waals surface area contributed by atoms with Gasteiger partial charge in [0.05, 0.1) is 42.0 Å². The van der Waals surface area contributed by atoms with E-state index in [-0.39, 0.29) is 35.2 Å². The molecule has 0 unspecified atom stereocenters. The van der Waals surface area contributed by atoms with Crippen LogP contribution in [0.25, 0.3) is 66.4 Å². The first-order chi connectivity index (χ1) is 47.8. The van der Waals surface area contributed by atoms with Gasteiger partial charge in [-0.15, -0.1) is 0 Å². The number of ketones is 2. The number of H-pyrrole nitrogens is 4. The Labute approximate surface area is 577 Å². The smallest absolute Gasteiger partial charge is 0.531 e. The number of allylic oxidation sites excluding steroid dienone is 4. The van der Waals surface area contributed by atoms with Gasteiger partial charge in [-0.3, -0.25) is 9.59 Å². The van der Waals surface area contributed by atoms with Crippen LogP contribution in [0.1, 0.15) is 152 Å². The third-order valence-corrected chi connectivity index (χ3v) is 25.2. The first-order valence-electron chi connectivity index (χ1n) is 35.3. The molecule has 0 radical (unpaired) electrons. The summed E-state index contributed by atoms with van der Waals surface area (Å²) in [6.07, 6.45) is 28.9. The predicted molar refractivity (Wildman–Crippen MR) is 385 cm³/mol. The fourth-order valence-electron chi connectivity index (χ4n) is 16.2. The van der Waals surface area contributed by atoms with Crippen molar-refractivity contribution in [1.82, 2.24) is 39.9 Å². The molecule has 0 atom stereocenters. The number of aromatic amines is 4. The van der Waals surface area contributed by atoms with Crippen LogP contribution in [0.5, 0.6) is 23.0 Å². The minimum atomic E-state index is -2.96. The maximum absolute atomic E-state index is 12.4. The second kappa shape index (κ2) is 28.7. The van der Waals surface area contributed by atoms with Gasteiger partial charge in [-0.2, -0.15) is 0 Å². The predicted octanol–water partition coefficient (Wildman–Crippen LogP) is 10.7. The summed E-state index contributed by atoms with van der Waals surface area (Å²) >= 11 is 0. The molecule has 5 saturated carbocycles. The van der Waals surface area contributed by atoms with E-state index in [2.05, 4.69) is 39.9 Å². The Morgan fingerprint density at radius 2 is 0.758 bits per heavy atom. The zero-order chi connectivity index (χ0) is 68.9. The van der Waals surface area contributed by atoms with E-state index in [0.29, 0.717) is 108 Å². The largest absolute Gasteiger partial charge is 0.552 e. The van der Waals surface area contributed by atoms with Gasteiger partial charge >= 0.3 is 28.5 Å². The Kier molecular flexibility index (Phi) is 19.8. The highest BCUT2D eigenvalue weighted by atomic mass is 32.2. The Hall–Kier alpha value is -7.74. The quantitative estimate of drug-likeness (QED) is 0.0329. The molecule has 17 rings (SSSR count). The van der Waals surface area contributed by atoms with Crippen molar-refractivity contribution in [2.75, 3.05) is 23.0 Å². The monoisotopic (exact) mass is 1380 g/mol. The number of carbonyl (C=O) groups excluding carboxylic acids is 2. The fourth-order valence-corrected chi connectivity index (χ4v) is 19.8. The highest BCUT2D eigenvalue weighted by molar-refractivity contribution is 7.91. The molecule has 22 nitrogen and oxygen atoms in total. The van der Waals surface area contributed by atoms with Gasteiger partial charge in [-0.05, 0) is 194 Å². The molecule has 0 spiro atoms. The Morgan fingerprint density at radius 1 is 0.444 bits per heavy atom. The number of hydrogen-bond donors (Lipinski definition) is 8. The van der Waals surface area contributed by atoms with Crippen molar-refractivity contribution in [2.45, 2.75) is 130 Å². The lowest BCUT2D eigenvalue weighted by Crippen LogP contribution is -2.34. The van der Waals surface area contributed by atoms with Crippen LogP contribution in [0, 0.1) is 53.3 Å². The normalized spacial score (nSPS) is 23.4. The van der Waals surface area contributed by atoms with Crippen LogP contribution in [0.15, 0.2) is 97.7 Å². The Bertz CT molecular complexity index is 4710. The molecule has 4 aliphatic heterocycles. The number of rotatable bonds is 20. The van der Waals surface area contributed by atoms with Crippen LogP contribution in [-0.4, -0.2) is 140 Å². The number of nitrogens with zero attached hydrogens (tertiary/aromatic N) is 4. The maximum atomic E-state index is 12.4. The van der Waals surface area contributed by atoms with Gasteiger partial charge in [0.1, 0.15) is 57.2 Å². The summed E-state index contributed by atoms with van der Waals surface area (Å²) < 4.78 is 70.8. The molecular formula is C71H84B4N8O14S2. The van der Waals surface area contributed by atoms with Crippen molar-refractivity contribution in [3.8, 4) is 23.0 Å². The molecule has 28 heteroatoms. The molecule has 8 aromatic rings. The average Bonchev–Trinajstić information content (AvgIpc) is 1.54. The lowest BCUT2D eigenvalue weighted by molar-refractivity contribution is -0.121. The summed E-state index contributed by atoms with van der Waals surface area (Å²) in [7, 11) is -9.72. The van der Waals surface area contributed by atoms with Gasteiger partial charge in [0, 0.05) is 100 Å². The van der Waals surface area contributed by atoms with E-state index in [1.807, 2.05) is 75.8 Å². The van der Waals surface area contributed by atoms with Crippen LogP contribution in [0.3, 0.4) is 0 Å². The zero-order valence-corrected chi connectivity index (χ0v) is 57.7. The number of pyridine rings is 4. The zero-order valence-electron chi connectivity index (χ0n) is 56.1. The van der Waals surface area contributed by atoms with Gasteiger partial charge in [0.2, 0.25) is 0 Å². The topological polar surface area (TPSA) is 335 Å². The lowest BCUT2D eigenvalue weighted by Gasteiger charge is -2.38. The molecule has 0 amide bonds. The standard InChI is InChI=1S/C19H23BN2O4S.C18H21BN2O3.C17H21BN2O4S.C17H19BN2O3/c23-20-9-16(18-15-3-5-21-19(15)22-10-17(18)26-20)14-7-13(8-14)11-27(24,25)6-4-12-1-2-12;1-2-3-13(22)8-11-6-12(7-11)15-9-19(23)24-16-10-21-18-14(17(15)16)4-5-20-18;1-2-5-25(22,23)10-11-6-12(7-11)14-8-18(21)24-15-9-20-17-13(16(14)15)3-4-19-17;1-2-12(21)7-10-5-11(6-10)14-8-18(22)23-15-9-20-17-13(16(14)15)3-4-19-17/h3,5,9-10,12-14,23H,1-2,4,6-8,11H2,(H,21,22);4-5,9-12,23H,2-3,6-8H2,1H3,(H,20,21);3-4,8-9,11-12,21H,2,5-7,10H2,1H3,(H,19,20);3-4,8-11,22H,2,5-7H2,1H3,(H,19,20). The summed E-state index contributed by atoms with van der Waals surface area (Å²) in [6.45, 7) is 5.85. The van der Waals surface area contributed by atoms with E-state index in [1.165, 1.54) is 12.8 Å². The number of fused-ring (bicyclic) bond motifs is 12. The molecule has 8 N–H and O–H groups in total. The van der Waals surface area contributed by atoms with Crippen LogP contribution in [0.4, 0.5) is 0 Å². The average molecular weight is 1380 g/mol. The molecule has 5 aliphatic carbocycles. The number of Topliss-reactive ketones (excluding diaryl/α,β-unsaturated/α-hetero) is 2. The minimum Gasteiger partial charge on any atom is -0.531 e. The molecule has 0 saturated heterocycles. The number of carbonyl (C=O) groups is 2. The molecular weight excluding hydrogens is 1300 g/mol. The van der Waals surface area contributed by atoms with Crippen molar-refractivity contribution in [1.29, 1.82) is 0 Å². The van der Waals surface area contributed by atoms with Crippen LogP contribution in [0.2, 0.25) is 0 Å². The molecule has 516 valence electrons. The van der Waals surface area contributed by atoms with Crippen molar-refractivity contribution in [3.63, 3.8) is 0 Å². The van der Waals surface area contributed by atoms with Gasteiger partial charge in [-0.1, -0.05) is 33.6 Å². The summed E-state index contributed by atoms with van der Waals surface area (Å²) in [5.41, 5.74) is 11.6. The van der Waals surface area contributed by atoms with E-state index >= 15 is 0 Å². The van der Waals surface area contributed by atoms with E-state index in [1.54, 1.807) is 42.7 Å². The summed E-state index contributed by atoms with van der Waals surface area (Å²) in [5.74, 6) is 14.7. The van der Waals surface area contributed by atoms with Gasteiger partial charge in [0.25, 0.3) is 0 Å². The maximum Gasteiger partial charge on any atom is 0.552 e. The van der Waals surface area contributed by atoms with Crippen LogP contribution >= 0.6 is 0 Å². The molecule has 5 fully saturated rings. The van der Waals surface area contributed by atoms with Crippen molar-refractivity contribution in [2.24, 2.45) is 53.3 Å². The highest BCUT2D eigenvalue weighted by Gasteiger charge is 2.43. The summed E-state index contributed by atoms with van der Waals surface area (Å²) in [5, 5.41) is 44.1. The minimum absolute atomic E-state index is 0.203. The number of nitrogens with one attached hydrogen (secondary N) is 4. The van der Waals surface area contributed by atoms with E-state index < -0.39 is 48.1 Å². The van der Waals surface area contributed by atoms with Gasteiger partial charge in [-0.25, -0.2) is 36.8 Å². The molecule has 12 heterocycles. The summed E-state index contributed by atoms with van der Waals surface area (Å²) in [4.78, 5) is 53.2. The van der Waals surface area contributed by atoms with E-state index in [4.69, 9.17) is 18.6 Å². The molecule has 0 bridgehead atoms. The Balaban J connectivity index is 0.000000113. The molecule has 9 aliphatic rings. The van der Waals surface area contributed by atoms with Crippen molar-refractivity contribution < 1.29 is 65.1 Å². The molecule has 99 heavy (non-hydrogen) atoms. The molecule has 8 aromatic heterocycles. The number of aromatic nitrogens is 8. The van der Waals surface area contributed by atoms with Crippen LogP contribution < -0.4 is 18.6 Å². The van der Waals surface area contributed by atoms with E-state index in [9.17, 15) is 46.5 Å². The van der Waals surface area contributed by atoms with Gasteiger partial charge < -0.3 is 58.6 Å². The first kappa shape index (κ1) is 68.4. The number of hydrogen-bond acceptors (Lipinski definition) is 18. The second-order valence-corrected chi connectivity index (χ2v) is 33.1. The number of sulfone groups is 2. The van der Waals surface area contributed by atoms with Crippen molar-refractivity contribution >= 4 is 126 Å². The molecule has 0 aromatic carbocycles. The highest BCUT2D eigenvalue weighted by Crippen LogP contribution is 2.53. The third kappa shape index (κ3) is 15.0. The fraction of sp³-hybridized carbons (Fsp3) is 0.465.